The zero-order valence-corrected chi connectivity index (χ0v) is 11.9. The molecule has 1 unspecified atom stereocenters. The van der Waals surface area contributed by atoms with E-state index in [1.165, 1.54) is 25.8 Å². The summed E-state index contributed by atoms with van der Waals surface area (Å²) in [6, 6.07) is 4.63. The molecule has 0 radical (unpaired) electrons. The lowest BCUT2D eigenvalue weighted by molar-refractivity contribution is 0.133. The van der Waals surface area contributed by atoms with Crippen molar-refractivity contribution in [3.8, 4) is 0 Å². The molecule has 0 aromatic carbocycles. The van der Waals surface area contributed by atoms with E-state index in [1.54, 1.807) is 0 Å². The Labute approximate surface area is 119 Å². The molecule has 0 spiro atoms. The summed E-state index contributed by atoms with van der Waals surface area (Å²) in [4.78, 5) is 9.60. The molecule has 2 fully saturated rings. The van der Waals surface area contributed by atoms with Crippen molar-refractivity contribution in [1.29, 1.82) is 0 Å². The van der Waals surface area contributed by atoms with E-state index >= 15 is 0 Å². The number of aromatic nitrogens is 1. The number of hydrogen-bond donors (Lipinski definition) is 1. The molecule has 104 valence electrons. The molecule has 3 rings (SSSR count). The molecule has 2 saturated heterocycles. The zero-order chi connectivity index (χ0) is 13.2. The molecule has 1 aromatic rings. The summed E-state index contributed by atoms with van der Waals surface area (Å²) in [7, 11) is 0. The molecule has 0 bridgehead atoms. The van der Waals surface area contributed by atoms with E-state index in [9.17, 15) is 0 Å². The summed E-state index contributed by atoms with van der Waals surface area (Å²) in [6.07, 6.45) is 4.03. The monoisotopic (exact) mass is 280 g/mol. The maximum Gasteiger partial charge on any atom is 0.129 e. The second-order valence-electron chi connectivity index (χ2n) is 5.43. The number of anilines is 1. The van der Waals surface area contributed by atoms with Gasteiger partial charge in [-0.15, -0.1) is 0 Å². The normalized spacial score (nSPS) is 24.3. The lowest BCUT2D eigenvalue weighted by atomic mass is 9.99. The molecule has 0 aliphatic carbocycles. The van der Waals surface area contributed by atoms with Crippen LogP contribution in [0.15, 0.2) is 12.1 Å². The van der Waals surface area contributed by atoms with Crippen LogP contribution in [0.2, 0.25) is 5.02 Å². The van der Waals surface area contributed by atoms with Gasteiger partial charge in [-0.3, -0.25) is 4.90 Å². The highest BCUT2D eigenvalue weighted by Crippen LogP contribution is 2.25. The van der Waals surface area contributed by atoms with Gasteiger partial charge >= 0.3 is 0 Å². The maximum atomic E-state index is 6.08. The molecular formula is C14H21ClN4. The zero-order valence-electron chi connectivity index (χ0n) is 11.2. The molecule has 0 amide bonds. The first-order valence-corrected chi connectivity index (χ1v) is 7.50. The number of piperidine rings is 1. The Morgan fingerprint density at radius 1 is 1.26 bits per heavy atom. The third kappa shape index (κ3) is 2.71. The van der Waals surface area contributed by atoms with E-state index in [1.807, 2.05) is 12.1 Å². The van der Waals surface area contributed by atoms with E-state index in [-0.39, 0.29) is 0 Å². The van der Waals surface area contributed by atoms with Gasteiger partial charge < -0.3 is 10.6 Å². The minimum Gasteiger partial charge on any atom is -0.354 e. The minimum absolute atomic E-state index is 0.399. The number of fused-ring (bicyclic) bond motifs is 1. The van der Waals surface area contributed by atoms with E-state index in [0.717, 1.165) is 31.1 Å². The van der Waals surface area contributed by atoms with Crippen LogP contribution in [0.3, 0.4) is 0 Å². The molecule has 3 heterocycles. The van der Waals surface area contributed by atoms with Crippen LogP contribution in [0.25, 0.3) is 0 Å². The Balaban J connectivity index is 1.75. The van der Waals surface area contributed by atoms with Crippen LogP contribution >= 0.6 is 11.6 Å². The van der Waals surface area contributed by atoms with Crippen LogP contribution in [0.4, 0.5) is 5.82 Å². The Morgan fingerprint density at radius 2 is 2.16 bits per heavy atom. The van der Waals surface area contributed by atoms with Crippen LogP contribution in [0, 0.1) is 0 Å². The van der Waals surface area contributed by atoms with Gasteiger partial charge in [0.25, 0.3) is 0 Å². The molecule has 2 aliphatic rings. The van der Waals surface area contributed by atoms with Crippen molar-refractivity contribution in [1.82, 2.24) is 9.88 Å². The predicted octanol–water partition coefficient (Wildman–Crippen LogP) is 1.87. The van der Waals surface area contributed by atoms with Crippen LogP contribution in [0.5, 0.6) is 0 Å². The summed E-state index contributed by atoms with van der Waals surface area (Å²) in [5.74, 6) is 1.02. The fourth-order valence-electron chi connectivity index (χ4n) is 3.16. The predicted molar refractivity (Wildman–Crippen MR) is 78.6 cm³/mol. The molecule has 4 nitrogen and oxygen atoms in total. The second-order valence-corrected chi connectivity index (χ2v) is 5.84. The smallest absolute Gasteiger partial charge is 0.129 e. The molecule has 5 heteroatoms. The number of nitrogens with two attached hydrogens (primary N) is 1. The molecule has 1 aromatic heterocycles. The van der Waals surface area contributed by atoms with Crippen LogP contribution in [0.1, 0.15) is 25.0 Å². The minimum atomic E-state index is 0.399. The van der Waals surface area contributed by atoms with Crippen molar-refractivity contribution < 1.29 is 0 Å². The van der Waals surface area contributed by atoms with E-state index in [4.69, 9.17) is 17.3 Å². The van der Waals surface area contributed by atoms with E-state index in [0.29, 0.717) is 17.6 Å². The van der Waals surface area contributed by atoms with Crippen LogP contribution < -0.4 is 10.6 Å². The van der Waals surface area contributed by atoms with Crippen LogP contribution in [-0.4, -0.2) is 42.1 Å². The fourth-order valence-corrected chi connectivity index (χ4v) is 3.34. The first kappa shape index (κ1) is 13.2. The van der Waals surface area contributed by atoms with Gasteiger partial charge in [0.2, 0.25) is 0 Å². The number of hydrogen-bond acceptors (Lipinski definition) is 4. The second kappa shape index (κ2) is 5.65. The summed E-state index contributed by atoms with van der Waals surface area (Å²) < 4.78 is 0. The van der Waals surface area contributed by atoms with Crippen molar-refractivity contribution in [3.05, 3.63) is 22.8 Å². The number of nitrogens with zero attached hydrogens (tertiary/aromatic N) is 3. The van der Waals surface area contributed by atoms with Crippen molar-refractivity contribution >= 4 is 17.4 Å². The molecule has 2 aliphatic heterocycles. The summed E-state index contributed by atoms with van der Waals surface area (Å²) >= 11 is 6.08. The van der Waals surface area contributed by atoms with E-state index < -0.39 is 0 Å². The number of rotatable bonds is 2. The number of pyridine rings is 1. The third-order valence-corrected chi connectivity index (χ3v) is 4.60. The third-order valence-electron chi connectivity index (χ3n) is 4.26. The van der Waals surface area contributed by atoms with Gasteiger partial charge in [-0.05, 0) is 31.5 Å². The molecule has 19 heavy (non-hydrogen) atoms. The summed E-state index contributed by atoms with van der Waals surface area (Å²) in [6.45, 7) is 4.94. The van der Waals surface area contributed by atoms with Gasteiger partial charge in [0.15, 0.2) is 0 Å². The SMILES string of the molecule is NCc1nc(N2CCN3CCCCC3C2)ccc1Cl. The highest BCUT2D eigenvalue weighted by molar-refractivity contribution is 6.31. The van der Waals surface area contributed by atoms with Gasteiger partial charge in [0, 0.05) is 32.2 Å². The average molecular weight is 281 g/mol. The average Bonchev–Trinajstić information content (AvgIpc) is 2.47. The summed E-state index contributed by atoms with van der Waals surface area (Å²) in [5.41, 5.74) is 6.48. The maximum absolute atomic E-state index is 6.08. The lowest BCUT2D eigenvalue weighted by Gasteiger charge is -2.44. The van der Waals surface area contributed by atoms with Crippen LogP contribution in [-0.2, 0) is 6.54 Å². The Bertz CT molecular complexity index is 451. The van der Waals surface area contributed by atoms with E-state index in [2.05, 4.69) is 14.8 Å². The standard InChI is InChI=1S/C14H21ClN4/c15-12-4-5-14(17-13(12)9-16)19-8-7-18-6-2-1-3-11(18)10-19/h4-5,11H,1-3,6-10,16H2. The Morgan fingerprint density at radius 3 is 3.00 bits per heavy atom. The molecular weight excluding hydrogens is 260 g/mol. The fraction of sp³-hybridized carbons (Fsp3) is 0.643. The number of halogens is 1. The number of piperazine rings is 1. The van der Waals surface area contributed by atoms with Gasteiger partial charge in [-0.2, -0.15) is 0 Å². The summed E-state index contributed by atoms with van der Waals surface area (Å²) in [5, 5.41) is 0.669. The van der Waals surface area contributed by atoms with Crippen molar-refractivity contribution in [3.63, 3.8) is 0 Å². The largest absolute Gasteiger partial charge is 0.354 e. The Kier molecular flexibility index (Phi) is 3.91. The topological polar surface area (TPSA) is 45.4 Å². The first-order valence-electron chi connectivity index (χ1n) is 7.12. The lowest BCUT2D eigenvalue weighted by Crippen LogP contribution is -2.55. The highest BCUT2D eigenvalue weighted by atomic mass is 35.5. The van der Waals surface area contributed by atoms with Gasteiger partial charge in [0.05, 0.1) is 10.7 Å². The van der Waals surface area contributed by atoms with Gasteiger partial charge in [-0.25, -0.2) is 4.98 Å². The molecule has 1 atom stereocenters. The quantitative estimate of drug-likeness (QED) is 0.898. The van der Waals surface area contributed by atoms with Crippen molar-refractivity contribution in [2.75, 3.05) is 31.1 Å². The molecule has 2 N–H and O–H groups in total. The van der Waals surface area contributed by atoms with Gasteiger partial charge in [0.1, 0.15) is 5.82 Å². The van der Waals surface area contributed by atoms with Crippen molar-refractivity contribution in [2.24, 2.45) is 5.73 Å². The van der Waals surface area contributed by atoms with Crippen molar-refractivity contribution in [2.45, 2.75) is 31.8 Å². The van der Waals surface area contributed by atoms with Gasteiger partial charge in [-0.1, -0.05) is 18.0 Å². The highest BCUT2D eigenvalue weighted by Gasteiger charge is 2.29. The first-order chi connectivity index (χ1) is 9.28. The Hall–Kier alpha value is -0.840. The molecule has 0 saturated carbocycles.